The number of nitrogens with zero attached hydrogens (tertiary/aromatic N) is 2. The zero-order valence-electron chi connectivity index (χ0n) is 15.7. The quantitative estimate of drug-likeness (QED) is 0.562. The molecule has 24 heavy (non-hydrogen) atoms. The molecule has 0 radical (unpaired) electrons. The zero-order chi connectivity index (χ0) is 18.3. The Morgan fingerprint density at radius 2 is 2.00 bits per heavy atom. The Morgan fingerprint density at radius 3 is 2.54 bits per heavy atom. The summed E-state index contributed by atoms with van der Waals surface area (Å²) in [5.41, 5.74) is 0.693. The number of allylic oxidation sites excluding steroid dienone is 1. The molecule has 0 aliphatic carbocycles. The van der Waals surface area contributed by atoms with E-state index >= 15 is 0 Å². The van der Waals surface area contributed by atoms with Gasteiger partial charge in [0.15, 0.2) is 0 Å². The van der Waals surface area contributed by atoms with Gasteiger partial charge in [0.25, 0.3) is 5.22 Å². The normalized spacial score (nSPS) is 12.8. The van der Waals surface area contributed by atoms with Gasteiger partial charge >= 0.3 is 6.09 Å². The molecule has 0 aliphatic heterocycles. The molecule has 1 N–H and O–H groups in total. The maximum atomic E-state index is 12.0. The minimum absolute atomic E-state index is 0.356. The maximum absolute atomic E-state index is 12.0. The van der Waals surface area contributed by atoms with Crippen molar-refractivity contribution in [2.45, 2.75) is 71.8 Å². The molecule has 0 aromatic carbocycles. The number of hydrogen-bond donors (Lipinski definition) is 1. The molecule has 1 heterocycles. The lowest BCUT2D eigenvalue weighted by Crippen LogP contribution is -2.35. The SMILES string of the molecule is CC(C)=CCSc1nnc(C(CC(C)C)NC(=O)OC(C)(C)C)o1. The van der Waals surface area contributed by atoms with Crippen LogP contribution in [0.1, 0.15) is 66.8 Å². The molecular weight excluding hydrogens is 326 g/mol. The molecule has 7 heteroatoms. The Hall–Kier alpha value is -1.50. The Labute approximate surface area is 148 Å². The number of amides is 1. The first-order chi connectivity index (χ1) is 11.1. The van der Waals surface area contributed by atoms with Gasteiger partial charge in [-0.15, -0.1) is 10.2 Å². The van der Waals surface area contributed by atoms with E-state index in [0.717, 1.165) is 5.75 Å². The summed E-state index contributed by atoms with van der Waals surface area (Å²) in [6.45, 7) is 13.7. The lowest BCUT2D eigenvalue weighted by atomic mass is 10.0. The third kappa shape index (κ3) is 8.38. The van der Waals surface area contributed by atoms with E-state index in [4.69, 9.17) is 9.15 Å². The lowest BCUT2D eigenvalue weighted by molar-refractivity contribution is 0.0487. The number of carbonyl (C=O) groups is 1. The van der Waals surface area contributed by atoms with E-state index in [1.165, 1.54) is 17.3 Å². The molecule has 1 aromatic rings. The van der Waals surface area contributed by atoms with Crippen LogP contribution in [0.25, 0.3) is 0 Å². The number of alkyl carbamates (subject to hydrolysis) is 1. The molecule has 0 bridgehead atoms. The predicted octanol–water partition coefficient (Wildman–Crippen LogP) is 4.74. The Morgan fingerprint density at radius 1 is 1.33 bits per heavy atom. The van der Waals surface area contributed by atoms with Crippen molar-refractivity contribution < 1.29 is 13.9 Å². The Kier molecular flexibility index (Phi) is 7.79. The van der Waals surface area contributed by atoms with Gasteiger partial charge in [0.2, 0.25) is 5.89 Å². The summed E-state index contributed by atoms with van der Waals surface area (Å²) in [6, 6.07) is -0.356. The van der Waals surface area contributed by atoms with Crippen molar-refractivity contribution >= 4 is 17.9 Å². The molecular formula is C17H29N3O3S. The van der Waals surface area contributed by atoms with E-state index in [2.05, 4.69) is 35.4 Å². The first-order valence-electron chi connectivity index (χ1n) is 8.16. The number of nitrogens with one attached hydrogen (secondary N) is 1. The smallest absolute Gasteiger partial charge is 0.408 e. The highest BCUT2D eigenvalue weighted by Crippen LogP contribution is 2.24. The fraction of sp³-hybridized carbons (Fsp3) is 0.706. The topological polar surface area (TPSA) is 77.2 Å². The summed E-state index contributed by atoms with van der Waals surface area (Å²) in [4.78, 5) is 12.0. The van der Waals surface area contributed by atoms with Crippen molar-refractivity contribution in [1.29, 1.82) is 0 Å². The highest BCUT2D eigenvalue weighted by molar-refractivity contribution is 7.99. The second kappa shape index (κ2) is 9.11. The summed E-state index contributed by atoms with van der Waals surface area (Å²) in [7, 11) is 0. The first kappa shape index (κ1) is 20.5. The number of carbonyl (C=O) groups excluding carboxylic acids is 1. The third-order valence-corrected chi connectivity index (χ3v) is 3.56. The van der Waals surface area contributed by atoms with Crippen LogP contribution < -0.4 is 5.32 Å². The summed E-state index contributed by atoms with van der Waals surface area (Å²) >= 11 is 1.47. The fourth-order valence-corrected chi connectivity index (χ4v) is 2.64. The van der Waals surface area contributed by atoms with Crippen LogP contribution in [-0.2, 0) is 4.74 Å². The van der Waals surface area contributed by atoms with Gasteiger partial charge in [-0.1, -0.05) is 37.3 Å². The van der Waals surface area contributed by atoms with Gasteiger partial charge in [0.1, 0.15) is 11.6 Å². The molecule has 1 amide bonds. The lowest BCUT2D eigenvalue weighted by Gasteiger charge is -2.22. The number of aromatic nitrogens is 2. The standard InChI is InChI=1S/C17H29N3O3S/c1-11(2)8-9-24-16-20-19-14(22-16)13(10-12(3)4)18-15(21)23-17(5,6)7/h8,12-13H,9-10H2,1-7H3,(H,18,21). The summed E-state index contributed by atoms with van der Waals surface area (Å²) in [5.74, 6) is 1.55. The van der Waals surface area contributed by atoms with Crippen molar-refractivity contribution in [1.82, 2.24) is 15.5 Å². The molecule has 1 unspecified atom stereocenters. The van der Waals surface area contributed by atoms with Crippen LogP contribution >= 0.6 is 11.8 Å². The Balaban J connectivity index is 2.76. The van der Waals surface area contributed by atoms with Crippen LogP contribution in [0.3, 0.4) is 0 Å². The average Bonchev–Trinajstić information content (AvgIpc) is 2.83. The van der Waals surface area contributed by atoms with E-state index in [9.17, 15) is 4.79 Å². The van der Waals surface area contributed by atoms with Crippen molar-refractivity contribution in [2.75, 3.05) is 5.75 Å². The first-order valence-corrected chi connectivity index (χ1v) is 9.14. The van der Waals surface area contributed by atoms with Crippen LogP contribution in [0.15, 0.2) is 21.3 Å². The monoisotopic (exact) mass is 355 g/mol. The van der Waals surface area contributed by atoms with Gasteiger partial charge in [0, 0.05) is 5.75 Å². The van der Waals surface area contributed by atoms with E-state index < -0.39 is 11.7 Å². The van der Waals surface area contributed by atoms with Crippen LogP contribution in [0.4, 0.5) is 4.79 Å². The van der Waals surface area contributed by atoms with Gasteiger partial charge in [0.05, 0.1) is 0 Å². The second-order valence-corrected chi connectivity index (χ2v) is 8.30. The van der Waals surface area contributed by atoms with Crippen molar-refractivity contribution in [3.63, 3.8) is 0 Å². The van der Waals surface area contributed by atoms with Crippen LogP contribution in [-0.4, -0.2) is 27.6 Å². The third-order valence-electron chi connectivity index (χ3n) is 2.82. The Bertz CT molecular complexity index is 558. The minimum Gasteiger partial charge on any atom is -0.444 e. The average molecular weight is 356 g/mol. The summed E-state index contributed by atoms with van der Waals surface area (Å²) in [5, 5.41) is 11.5. The highest BCUT2D eigenvalue weighted by atomic mass is 32.2. The van der Waals surface area contributed by atoms with E-state index in [1.54, 1.807) is 0 Å². The van der Waals surface area contributed by atoms with Crippen LogP contribution in [0.5, 0.6) is 0 Å². The van der Waals surface area contributed by atoms with Crippen molar-refractivity contribution in [2.24, 2.45) is 5.92 Å². The number of hydrogen-bond acceptors (Lipinski definition) is 6. The molecule has 1 atom stereocenters. The van der Waals surface area contributed by atoms with Crippen LogP contribution in [0.2, 0.25) is 0 Å². The van der Waals surface area contributed by atoms with E-state index in [1.807, 2.05) is 34.6 Å². The van der Waals surface area contributed by atoms with E-state index in [-0.39, 0.29) is 6.04 Å². The van der Waals surface area contributed by atoms with Gasteiger partial charge < -0.3 is 14.5 Å². The number of rotatable bonds is 7. The fourth-order valence-electron chi connectivity index (χ4n) is 1.84. The van der Waals surface area contributed by atoms with Crippen LogP contribution in [0, 0.1) is 5.92 Å². The highest BCUT2D eigenvalue weighted by Gasteiger charge is 2.25. The largest absolute Gasteiger partial charge is 0.444 e. The molecule has 1 aromatic heterocycles. The molecule has 0 saturated carbocycles. The molecule has 1 rings (SSSR count). The van der Waals surface area contributed by atoms with E-state index in [0.29, 0.717) is 23.5 Å². The summed E-state index contributed by atoms with van der Waals surface area (Å²) in [6.07, 6.45) is 2.31. The predicted molar refractivity (Wildman–Crippen MR) is 96.0 cm³/mol. The molecule has 136 valence electrons. The molecule has 0 saturated heterocycles. The van der Waals surface area contributed by atoms with Gasteiger partial charge in [-0.2, -0.15) is 0 Å². The van der Waals surface area contributed by atoms with Gasteiger partial charge in [-0.3, -0.25) is 0 Å². The molecule has 6 nitrogen and oxygen atoms in total. The van der Waals surface area contributed by atoms with Crippen molar-refractivity contribution in [3.8, 4) is 0 Å². The number of ether oxygens (including phenoxy) is 1. The zero-order valence-corrected chi connectivity index (χ0v) is 16.5. The minimum atomic E-state index is -0.549. The molecule has 0 spiro atoms. The summed E-state index contributed by atoms with van der Waals surface area (Å²) < 4.78 is 11.0. The van der Waals surface area contributed by atoms with Gasteiger partial charge in [-0.05, 0) is 47.0 Å². The maximum Gasteiger partial charge on any atom is 0.408 e. The second-order valence-electron chi connectivity index (χ2n) is 7.33. The molecule has 0 fully saturated rings. The van der Waals surface area contributed by atoms with Gasteiger partial charge in [-0.25, -0.2) is 4.79 Å². The number of thioether (sulfide) groups is 1. The molecule has 0 aliphatic rings. The van der Waals surface area contributed by atoms with Crippen molar-refractivity contribution in [3.05, 3.63) is 17.5 Å².